The molecular formula is C13H10BrFN4. The van der Waals surface area contributed by atoms with E-state index in [1.807, 2.05) is 12.1 Å². The Morgan fingerprint density at radius 2 is 2.05 bits per heavy atom. The highest BCUT2D eigenvalue weighted by Crippen LogP contribution is 2.28. The molecule has 2 aromatic heterocycles. The second-order valence-electron chi connectivity index (χ2n) is 4.03. The smallest absolute Gasteiger partial charge is 0.180 e. The summed E-state index contributed by atoms with van der Waals surface area (Å²) in [7, 11) is 1.80. The number of benzene rings is 1. The first-order chi connectivity index (χ1) is 9.17. The van der Waals surface area contributed by atoms with Crippen molar-refractivity contribution in [3.8, 4) is 11.4 Å². The van der Waals surface area contributed by atoms with Crippen molar-refractivity contribution in [3.05, 3.63) is 40.6 Å². The van der Waals surface area contributed by atoms with Crippen molar-refractivity contribution in [2.24, 2.45) is 0 Å². The molecule has 2 heterocycles. The summed E-state index contributed by atoms with van der Waals surface area (Å²) in [6.07, 6.45) is 0. The maximum absolute atomic E-state index is 13.1. The Labute approximate surface area is 117 Å². The van der Waals surface area contributed by atoms with E-state index in [9.17, 15) is 4.39 Å². The standard InChI is InChI=1S/C13H10BrFN4/c1-16-11-5-4-10-13(18-11)19-12(17-10)8-3-2-7(15)6-9(8)14/h2-6H,1H3,(H2,16,17,18,19). The van der Waals surface area contributed by atoms with Crippen LogP contribution < -0.4 is 5.32 Å². The maximum Gasteiger partial charge on any atom is 0.180 e. The molecule has 0 spiro atoms. The van der Waals surface area contributed by atoms with Gasteiger partial charge >= 0.3 is 0 Å². The summed E-state index contributed by atoms with van der Waals surface area (Å²) in [5, 5.41) is 2.96. The van der Waals surface area contributed by atoms with Gasteiger partial charge in [0.25, 0.3) is 0 Å². The number of aromatic nitrogens is 3. The molecule has 0 aliphatic rings. The van der Waals surface area contributed by atoms with E-state index in [0.717, 1.165) is 16.9 Å². The third-order valence-electron chi connectivity index (χ3n) is 2.79. The minimum absolute atomic E-state index is 0.290. The lowest BCUT2D eigenvalue weighted by atomic mass is 10.2. The number of nitrogens with zero attached hydrogens (tertiary/aromatic N) is 2. The summed E-state index contributed by atoms with van der Waals surface area (Å²) in [4.78, 5) is 11.9. The van der Waals surface area contributed by atoms with E-state index >= 15 is 0 Å². The molecule has 0 fully saturated rings. The van der Waals surface area contributed by atoms with Gasteiger partial charge in [-0.2, -0.15) is 0 Å². The number of fused-ring (bicyclic) bond motifs is 1. The van der Waals surface area contributed by atoms with Gasteiger partial charge < -0.3 is 10.3 Å². The van der Waals surface area contributed by atoms with Gasteiger partial charge in [-0.25, -0.2) is 14.4 Å². The number of imidazole rings is 1. The molecule has 4 nitrogen and oxygen atoms in total. The SMILES string of the molecule is CNc1ccc2[nH]c(-c3ccc(F)cc3Br)nc2n1. The molecule has 6 heteroatoms. The lowest BCUT2D eigenvalue weighted by molar-refractivity contribution is 0.627. The molecule has 0 atom stereocenters. The molecule has 3 aromatic rings. The van der Waals surface area contributed by atoms with Gasteiger partial charge in [-0.1, -0.05) is 0 Å². The van der Waals surface area contributed by atoms with Crippen LogP contribution in [0.4, 0.5) is 10.2 Å². The van der Waals surface area contributed by atoms with Crippen LogP contribution in [0.5, 0.6) is 0 Å². The molecule has 1 aromatic carbocycles. The molecule has 0 bridgehead atoms. The van der Waals surface area contributed by atoms with Crippen molar-refractivity contribution in [2.45, 2.75) is 0 Å². The highest BCUT2D eigenvalue weighted by molar-refractivity contribution is 9.10. The Kier molecular flexibility index (Phi) is 2.94. The minimum atomic E-state index is -0.290. The average molecular weight is 321 g/mol. The minimum Gasteiger partial charge on any atom is -0.373 e. The van der Waals surface area contributed by atoms with Crippen molar-refractivity contribution in [1.82, 2.24) is 15.0 Å². The Balaban J connectivity index is 2.14. The Morgan fingerprint density at radius 3 is 2.79 bits per heavy atom. The van der Waals surface area contributed by atoms with Crippen molar-refractivity contribution < 1.29 is 4.39 Å². The van der Waals surface area contributed by atoms with Crippen LogP contribution in [0.2, 0.25) is 0 Å². The lowest BCUT2D eigenvalue weighted by Gasteiger charge is -1.99. The summed E-state index contributed by atoms with van der Waals surface area (Å²) >= 11 is 3.34. The van der Waals surface area contributed by atoms with Crippen LogP contribution in [0, 0.1) is 5.82 Å². The number of halogens is 2. The number of aromatic amines is 1. The summed E-state index contributed by atoms with van der Waals surface area (Å²) in [5.74, 6) is 1.12. The third kappa shape index (κ3) is 2.19. The van der Waals surface area contributed by atoms with Gasteiger partial charge in [0.1, 0.15) is 17.5 Å². The molecule has 0 aliphatic heterocycles. The first-order valence-corrected chi connectivity index (χ1v) is 6.46. The van der Waals surface area contributed by atoms with Crippen LogP contribution in [0.25, 0.3) is 22.6 Å². The average Bonchev–Trinajstić information content (AvgIpc) is 2.80. The second-order valence-corrected chi connectivity index (χ2v) is 4.88. The van der Waals surface area contributed by atoms with Crippen LogP contribution in [0.3, 0.4) is 0 Å². The summed E-state index contributed by atoms with van der Waals surface area (Å²) in [6.45, 7) is 0. The van der Waals surface area contributed by atoms with Crippen LogP contribution in [0.15, 0.2) is 34.8 Å². The van der Waals surface area contributed by atoms with E-state index in [1.165, 1.54) is 12.1 Å². The first-order valence-electron chi connectivity index (χ1n) is 5.67. The number of anilines is 1. The lowest BCUT2D eigenvalue weighted by Crippen LogP contribution is -1.91. The molecule has 0 amide bonds. The molecule has 96 valence electrons. The highest BCUT2D eigenvalue weighted by atomic mass is 79.9. The quantitative estimate of drug-likeness (QED) is 0.759. The van der Waals surface area contributed by atoms with E-state index in [-0.39, 0.29) is 5.82 Å². The van der Waals surface area contributed by atoms with E-state index in [0.29, 0.717) is 15.9 Å². The topological polar surface area (TPSA) is 53.6 Å². The molecule has 0 aliphatic carbocycles. The molecular weight excluding hydrogens is 311 g/mol. The van der Waals surface area contributed by atoms with Crippen molar-refractivity contribution >= 4 is 32.9 Å². The van der Waals surface area contributed by atoms with E-state index in [1.54, 1.807) is 13.1 Å². The number of H-pyrrole nitrogens is 1. The van der Waals surface area contributed by atoms with Crippen molar-refractivity contribution in [1.29, 1.82) is 0 Å². The molecule has 2 N–H and O–H groups in total. The second kappa shape index (κ2) is 4.62. The van der Waals surface area contributed by atoms with Crippen LogP contribution in [0.1, 0.15) is 0 Å². The third-order valence-corrected chi connectivity index (χ3v) is 3.44. The zero-order valence-electron chi connectivity index (χ0n) is 10.0. The predicted molar refractivity (Wildman–Crippen MR) is 76.5 cm³/mol. The largest absolute Gasteiger partial charge is 0.373 e. The highest BCUT2D eigenvalue weighted by Gasteiger charge is 2.10. The Hall–Kier alpha value is -1.95. The fraction of sp³-hybridized carbons (Fsp3) is 0.0769. The number of pyridine rings is 1. The molecule has 19 heavy (non-hydrogen) atoms. The van der Waals surface area contributed by atoms with Crippen LogP contribution in [-0.2, 0) is 0 Å². The normalized spacial score (nSPS) is 10.9. The number of hydrogen-bond donors (Lipinski definition) is 2. The zero-order chi connectivity index (χ0) is 13.4. The fourth-order valence-corrected chi connectivity index (χ4v) is 2.38. The summed E-state index contributed by atoms with van der Waals surface area (Å²) in [6, 6.07) is 8.26. The molecule has 0 radical (unpaired) electrons. The predicted octanol–water partition coefficient (Wildman–Crippen LogP) is 3.57. The maximum atomic E-state index is 13.1. The van der Waals surface area contributed by atoms with Gasteiger partial charge in [0.2, 0.25) is 0 Å². The van der Waals surface area contributed by atoms with E-state index in [4.69, 9.17) is 0 Å². The van der Waals surface area contributed by atoms with Gasteiger partial charge in [-0.15, -0.1) is 0 Å². The zero-order valence-corrected chi connectivity index (χ0v) is 11.6. The van der Waals surface area contributed by atoms with E-state index in [2.05, 4.69) is 36.2 Å². The van der Waals surface area contributed by atoms with E-state index < -0.39 is 0 Å². The summed E-state index contributed by atoms with van der Waals surface area (Å²) in [5.41, 5.74) is 2.26. The Bertz CT molecular complexity index is 753. The fourth-order valence-electron chi connectivity index (χ4n) is 1.84. The van der Waals surface area contributed by atoms with Gasteiger partial charge in [0.15, 0.2) is 5.65 Å². The van der Waals surface area contributed by atoms with Gasteiger partial charge in [0.05, 0.1) is 5.52 Å². The first kappa shape index (κ1) is 12.1. The van der Waals surface area contributed by atoms with Crippen LogP contribution >= 0.6 is 15.9 Å². The van der Waals surface area contributed by atoms with Gasteiger partial charge in [0, 0.05) is 17.1 Å². The molecule has 0 unspecified atom stereocenters. The molecule has 0 saturated heterocycles. The van der Waals surface area contributed by atoms with Crippen molar-refractivity contribution in [3.63, 3.8) is 0 Å². The van der Waals surface area contributed by atoms with Crippen LogP contribution in [-0.4, -0.2) is 22.0 Å². The number of hydrogen-bond acceptors (Lipinski definition) is 3. The van der Waals surface area contributed by atoms with Gasteiger partial charge in [-0.05, 0) is 46.3 Å². The molecule has 0 saturated carbocycles. The number of nitrogens with one attached hydrogen (secondary N) is 2. The Morgan fingerprint density at radius 1 is 1.21 bits per heavy atom. The number of rotatable bonds is 2. The summed E-state index contributed by atoms with van der Waals surface area (Å²) < 4.78 is 13.7. The van der Waals surface area contributed by atoms with Gasteiger partial charge in [-0.3, -0.25) is 0 Å². The van der Waals surface area contributed by atoms with Crippen molar-refractivity contribution in [2.75, 3.05) is 12.4 Å². The molecule has 3 rings (SSSR count). The monoisotopic (exact) mass is 320 g/mol.